The number of amides is 1. The molecule has 0 aromatic heterocycles. The number of carbonyl (C=O) groups excluding carboxylic acids is 1. The summed E-state index contributed by atoms with van der Waals surface area (Å²) in [5, 5.41) is 3.23. The highest BCUT2D eigenvalue weighted by Gasteiger charge is 2.27. The Kier molecular flexibility index (Phi) is 8.00. The summed E-state index contributed by atoms with van der Waals surface area (Å²) >= 11 is 5.92. The number of aryl methyl sites for hydroxylation is 1. The van der Waals surface area contributed by atoms with Gasteiger partial charge in [-0.2, -0.15) is 0 Å². The van der Waals surface area contributed by atoms with Crippen molar-refractivity contribution in [1.29, 1.82) is 0 Å². The predicted octanol–water partition coefficient (Wildman–Crippen LogP) is 4.95. The number of sulfonamides is 1. The molecule has 3 aromatic rings. The maximum Gasteiger partial charge on any atom is 0.264 e. The summed E-state index contributed by atoms with van der Waals surface area (Å²) in [6.45, 7) is 5.67. The number of anilines is 1. The van der Waals surface area contributed by atoms with Crippen molar-refractivity contribution in [3.63, 3.8) is 0 Å². The lowest BCUT2D eigenvalue weighted by atomic mass is 10.2. The molecule has 0 bridgehead atoms. The van der Waals surface area contributed by atoms with Gasteiger partial charge in [-0.1, -0.05) is 41.4 Å². The molecule has 0 fully saturated rings. The fourth-order valence-electron chi connectivity index (χ4n) is 3.15. The second-order valence-electron chi connectivity index (χ2n) is 7.89. The van der Waals surface area contributed by atoms with Gasteiger partial charge in [-0.05, 0) is 74.9 Å². The van der Waals surface area contributed by atoms with E-state index in [1.54, 1.807) is 24.3 Å². The normalized spacial score (nSPS) is 11.3. The molecule has 8 heteroatoms. The summed E-state index contributed by atoms with van der Waals surface area (Å²) in [5.74, 6) is 0.284. The Morgan fingerprint density at radius 1 is 1.03 bits per heavy atom. The number of carbonyl (C=O) groups is 1. The summed E-state index contributed by atoms with van der Waals surface area (Å²) < 4.78 is 33.5. The first-order chi connectivity index (χ1) is 15.6. The molecule has 0 heterocycles. The first-order valence-corrected chi connectivity index (χ1v) is 12.3. The highest BCUT2D eigenvalue weighted by atomic mass is 35.5. The molecule has 0 radical (unpaired) electrons. The Labute approximate surface area is 200 Å². The minimum absolute atomic E-state index is 0.0379. The highest BCUT2D eigenvalue weighted by molar-refractivity contribution is 7.92. The van der Waals surface area contributed by atoms with E-state index in [2.05, 4.69) is 5.32 Å². The van der Waals surface area contributed by atoms with Crippen LogP contribution in [0, 0.1) is 6.92 Å². The summed E-state index contributed by atoms with van der Waals surface area (Å²) in [7, 11) is -3.99. The van der Waals surface area contributed by atoms with E-state index in [9.17, 15) is 13.2 Å². The van der Waals surface area contributed by atoms with Gasteiger partial charge in [-0.3, -0.25) is 9.10 Å². The van der Waals surface area contributed by atoms with Crippen LogP contribution < -0.4 is 14.4 Å². The van der Waals surface area contributed by atoms with Gasteiger partial charge in [0, 0.05) is 11.6 Å². The van der Waals surface area contributed by atoms with E-state index in [1.807, 2.05) is 45.0 Å². The summed E-state index contributed by atoms with van der Waals surface area (Å²) in [6, 6.07) is 20.3. The lowest BCUT2D eigenvalue weighted by Crippen LogP contribution is -2.40. The van der Waals surface area contributed by atoms with E-state index in [4.69, 9.17) is 16.3 Å². The number of rotatable bonds is 9. The molecule has 0 unspecified atom stereocenters. The van der Waals surface area contributed by atoms with Crippen molar-refractivity contribution in [1.82, 2.24) is 5.32 Å². The molecule has 0 spiro atoms. The second-order valence-corrected chi connectivity index (χ2v) is 10.2. The Bertz CT molecular complexity index is 1190. The standard InChI is InChI=1S/C25H27ClN2O4S/c1-18(2)32-23-6-4-5-20(15-23)16-27-25(29)17-28(22-11-7-19(3)8-12-22)33(30,31)24-13-9-21(26)10-14-24/h4-15,18H,16-17H2,1-3H3,(H,27,29). The minimum atomic E-state index is -3.99. The van der Waals surface area contributed by atoms with Crippen LogP contribution in [0.25, 0.3) is 0 Å². The maximum atomic E-state index is 13.4. The number of nitrogens with one attached hydrogen (secondary N) is 1. The Balaban J connectivity index is 1.79. The molecule has 0 aliphatic carbocycles. The third-order valence-corrected chi connectivity index (χ3v) is 6.81. The van der Waals surface area contributed by atoms with Crippen molar-refractivity contribution in [2.24, 2.45) is 0 Å². The van der Waals surface area contributed by atoms with Crippen LogP contribution in [0.5, 0.6) is 5.75 Å². The van der Waals surface area contributed by atoms with E-state index in [0.29, 0.717) is 16.5 Å². The molecule has 6 nitrogen and oxygen atoms in total. The van der Waals surface area contributed by atoms with Crippen LogP contribution in [0.2, 0.25) is 5.02 Å². The fraction of sp³-hybridized carbons (Fsp3) is 0.240. The average molecular weight is 487 g/mol. The van der Waals surface area contributed by atoms with Gasteiger partial charge in [0.25, 0.3) is 10.0 Å². The summed E-state index contributed by atoms with van der Waals surface area (Å²) in [4.78, 5) is 12.8. The van der Waals surface area contributed by atoms with Crippen molar-refractivity contribution in [2.75, 3.05) is 10.8 Å². The predicted molar refractivity (Wildman–Crippen MR) is 131 cm³/mol. The average Bonchev–Trinajstić information content (AvgIpc) is 2.77. The number of nitrogens with zero attached hydrogens (tertiary/aromatic N) is 1. The third kappa shape index (κ3) is 6.73. The van der Waals surface area contributed by atoms with Crippen LogP contribution >= 0.6 is 11.6 Å². The first-order valence-electron chi connectivity index (χ1n) is 10.5. The smallest absolute Gasteiger partial charge is 0.264 e. The van der Waals surface area contributed by atoms with E-state index < -0.39 is 15.9 Å². The van der Waals surface area contributed by atoms with Crippen molar-refractivity contribution >= 4 is 33.2 Å². The Hall–Kier alpha value is -3.03. The monoisotopic (exact) mass is 486 g/mol. The lowest BCUT2D eigenvalue weighted by Gasteiger charge is -2.24. The highest BCUT2D eigenvalue weighted by Crippen LogP contribution is 2.25. The molecule has 33 heavy (non-hydrogen) atoms. The van der Waals surface area contributed by atoms with E-state index in [0.717, 1.165) is 15.4 Å². The summed E-state index contributed by atoms with van der Waals surface area (Å²) in [5.41, 5.74) is 2.23. The van der Waals surface area contributed by atoms with Crippen molar-refractivity contribution in [2.45, 2.75) is 38.3 Å². The van der Waals surface area contributed by atoms with E-state index >= 15 is 0 Å². The number of ether oxygens (including phenoxy) is 1. The van der Waals surface area contributed by atoms with Gasteiger partial charge in [0.05, 0.1) is 16.7 Å². The Morgan fingerprint density at radius 2 is 1.70 bits per heavy atom. The van der Waals surface area contributed by atoms with Gasteiger partial charge in [0.15, 0.2) is 0 Å². The molecule has 0 saturated carbocycles. The van der Waals surface area contributed by atoms with Crippen LogP contribution in [0.4, 0.5) is 5.69 Å². The molecule has 1 N–H and O–H groups in total. The fourth-order valence-corrected chi connectivity index (χ4v) is 4.69. The number of halogens is 1. The van der Waals surface area contributed by atoms with Gasteiger partial charge >= 0.3 is 0 Å². The molecular formula is C25H27ClN2O4S. The van der Waals surface area contributed by atoms with Crippen LogP contribution in [-0.2, 0) is 21.4 Å². The van der Waals surface area contributed by atoms with Crippen LogP contribution in [0.15, 0.2) is 77.7 Å². The van der Waals surface area contributed by atoms with Gasteiger partial charge in [-0.15, -0.1) is 0 Å². The third-order valence-electron chi connectivity index (χ3n) is 4.77. The second kappa shape index (κ2) is 10.7. The Morgan fingerprint density at radius 3 is 2.33 bits per heavy atom. The molecule has 1 amide bonds. The quantitative estimate of drug-likeness (QED) is 0.464. The van der Waals surface area contributed by atoms with Gasteiger partial charge < -0.3 is 10.1 Å². The molecule has 0 atom stereocenters. The van der Waals surface area contributed by atoms with Crippen LogP contribution in [0.1, 0.15) is 25.0 Å². The number of benzene rings is 3. The van der Waals surface area contributed by atoms with Gasteiger partial charge in [-0.25, -0.2) is 8.42 Å². The van der Waals surface area contributed by atoms with Crippen molar-refractivity contribution < 1.29 is 17.9 Å². The van der Waals surface area contributed by atoms with Crippen molar-refractivity contribution in [3.05, 3.63) is 88.9 Å². The van der Waals surface area contributed by atoms with Crippen LogP contribution in [-0.4, -0.2) is 27.0 Å². The first kappa shape index (κ1) is 24.6. The molecule has 3 aromatic carbocycles. The minimum Gasteiger partial charge on any atom is -0.491 e. The molecule has 3 rings (SSSR count). The van der Waals surface area contributed by atoms with E-state index in [1.165, 1.54) is 24.3 Å². The largest absolute Gasteiger partial charge is 0.491 e. The maximum absolute atomic E-state index is 13.4. The van der Waals surface area contributed by atoms with Gasteiger partial charge in [0.1, 0.15) is 12.3 Å². The number of hydrogen-bond donors (Lipinski definition) is 1. The molecule has 0 aliphatic rings. The zero-order valence-corrected chi connectivity index (χ0v) is 20.4. The van der Waals surface area contributed by atoms with Crippen LogP contribution in [0.3, 0.4) is 0 Å². The van der Waals surface area contributed by atoms with E-state index in [-0.39, 0.29) is 24.1 Å². The number of hydrogen-bond acceptors (Lipinski definition) is 4. The van der Waals surface area contributed by atoms with Crippen molar-refractivity contribution in [3.8, 4) is 5.75 Å². The zero-order chi connectivity index (χ0) is 24.0. The molecule has 174 valence electrons. The molecule has 0 aliphatic heterocycles. The topological polar surface area (TPSA) is 75.7 Å². The molecular weight excluding hydrogens is 460 g/mol. The van der Waals surface area contributed by atoms with Gasteiger partial charge in [0.2, 0.25) is 5.91 Å². The SMILES string of the molecule is Cc1ccc(N(CC(=O)NCc2cccc(OC(C)C)c2)S(=O)(=O)c2ccc(Cl)cc2)cc1. The lowest BCUT2D eigenvalue weighted by molar-refractivity contribution is -0.119. The molecule has 0 saturated heterocycles. The zero-order valence-electron chi connectivity index (χ0n) is 18.8. The summed E-state index contributed by atoms with van der Waals surface area (Å²) in [6.07, 6.45) is 0.0379.